The van der Waals surface area contributed by atoms with Crippen LogP contribution in [0.3, 0.4) is 0 Å². The minimum absolute atomic E-state index is 0.0986. The van der Waals surface area contributed by atoms with Gasteiger partial charge in [-0.25, -0.2) is 4.99 Å². The summed E-state index contributed by atoms with van der Waals surface area (Å²) in [4.78, 5) is 4.52. The highest BCUT2D eigenvalue weighted by Crippen LogP contribution is 2.54. The van der Waals surface area contributed by atoms with Crippen molar-refractivity contribution in [1.29, 1.82) is 0 Å². The van der Waals surface area contributed by atoms with Gasteiger partial charge < -0.3 is 5.32 Å². The van der Waals surface area contributed by atoms with Gasteiger partial charge in [-0.2, -0.15) is 26.3 Å². The summed E-state index contributed by atoms with van der Waals surface area (Å²) >= 11 is 1.07. The molecule has 5 aromatic carbocycles. The number of halogens is 6. The van der Waals surface area contributed by atoms with Crippen LogP contribution in [0.4, 0.5) is 37.7 Å². The molecule has 0 saturated carbocycles. The van der Waals surface area contributed by atoms with E-state index in [9.17, 15) is 26.3 Å². The molecule has 0 spiro atoms. The highest BCUT2D eigenvalue weighted by atomic mass is 32.2. The van der Waals surface area contributed by atoms with Crippen molar-refractivity contribution in [3.05, 3.63) is 145 Å². The number of benzene rings is 5. The maximum Gasteiger partial charge on any atom is 0.416 e. The van der Waals surface area contributed by atoms with Gasteiger partial charge >= 0.3 is 12.4 Å². The Balaban J connectivity index is 1.57. The van der Waals surface area contributed by atoms with E-state index in [1.807, 2.05) is 78.9 Å². The standard InChI is InChI=1S/C34H26F6N2PS/c1-44-32(42-27-22-24(33(35,36)37)21-25(23-27)34(38,39)40)41-26-17-19-31(20-18-26)43(28-11-5-2-6-12-28,29-13-7-3-8-14-29)30-15-9-4-10-16-30/h2-23H,1H3,(H,41,42)/q+1. The van der Waals surface area contributed by atoms with Crippen molar-refractivity contribution in [1.82, 2.24) is 0 Å². The molecular formula is C34H26F6N2PS+. The fourth-order valence-electron chi connectivity index (χ4n) is 4.99. The Morgan fingerprint density at radius 1 is 0.568 bits per heavy atom. The maximum absolute atomic E-state index is 13.4. The molecule has 5 rings (SSSR count). The third-order valence-electron chi connectivity index (χ3n) is 6.93. The number of amidine groups is 1. The second kappa shape index (κ2) is 12.9. The average molecular weight is 640 g/mol. The molecule has 0 radical (unpaired) electrons. The first kappa shape index (κ1) is 31.4. The number of hydrogen-bond donors (Lipinski definition) is 1. The van der Waals surface area contributed by atoms with E-state index in [1.165, 1.54) is 0 Å². The molecule has 2 nitrogen and oxygen atoms in total. The number of aliphatic imine (C=N–C) groups is 1. The molecule has 0 heterocycles. The van der Waals surface area contributed by atoms with Crippen LogP contribution in [0.2, 0.25) is 0 Å². The average Bonchev–Trinajstić information content (AvgIpc) is 3.02. The van der Waals surface area contributed by atoms with E-state index in [0.29, 0.717) is 17.8 Å². The van der Waals surface area contributed by atoms with Crippen molar-refractivity contribution in [3.63, 3.8) is 0 Å². The fraction of sp³-hybridized carbons (Fsp3) is 0.0882. The van der Waals surface area contributed by atoms with Crippen molar-refractivity contribution in [2.45, 2.75) is 12.4 Å². The predicted molar refractivity (Wildman–Crippen MR) is 172 cm³/mol. The molecule has 44 heavy (non-hydrogen) atoms. The van der Waals surface area contributed by atoms with E-state index in [4.69, 9.17) is 0 Å². The number of hydrogen-bond acceptors (Lipinski definition) is 2. The first-order valence-corrected chi connectivity index (χ1v) is 16.4. The van der Waals surface area contributed by atoms with Gasteiger partial charge in [0.05, 0.1) is 16.8 Å². The number of nitrogens with one attached hydrogen (secondary N) is 1. The Labute approximate surface area is 256 Å². The van der Waals surface area contributed by atoms with Gasteiger partial charge in [0.25, 0.3) is 0 Å². The molecule has 5 aromatic rings. The molecule has 0 unspecified atom stereocenters. The number of nitrogens with zero attached hydrogens (tertiary/aromatic N) is 1. The second-order valence-electron chi connectivity index (χ2n) is 9.73. The van der Waals surface area contributed by atoms with Crippen molar-refractivity contribution < 1.29 is 26.3 Å². The van der Waals surface area contributed by atoms with Crippen LogP contribution in [0.15, 0.2) is 138 Å². The van der Waals surface area contributed by atoms with Crippen LogP contribution in [0, 0.1) is 0 Å². The molecule has 224 valence electrons. The van der Waals surface area contributed by atoms with Crippen molar-refractivity contribution in [2.75, 3.05) is 11.6 Å². The minimum Gasteiger partial charge on any atom is -0.335 e. The Morgan fingerprint density at radius 2 is 0.955 bits per heavy atom. The Bertz CT molecular complexity index is 1600. The molecule has 0 bridgehead atoms. The summed E-state index contributed by atoms with van der Waals surface area (Å²) in [7, 11) is -2.35. The van der Waals surface area contributed by atoms with E-state index in [0.717, 1.165) is 33.0 Å². The number of thioether (sulfide) groups is 1. The molecule has 0 amide bonds. The fourth-order valence-corrected chi connectivity index (χ4v) is 9.65. The van der Waals surface area contributed by atoms with Gasteiger partial charge in [0, 0.05) is 5.69 Å². The normalized spacial score (nSPS) is 12.7. The Kier molecular flexibility index (Phi) is 9.18. The Hall–Kier alpha value is -4.07. The molecule has 0 aliphatic carbocycles. The monoisotopic (exact) mass is 639 g/mol. The van der Waals surface area contributed by atoms with Gasteiger partial charge in [-0.3, -0.25) is 0 Å². The second-order valence-corrected chi connectivity index (χ2v) is 13.9. The summed E-state index contributed by atoms with van der Waals surface area (Å²) in [5.41, 5.74) is -2.68. The van der Waals surface area contributed by atoms with Crippen LogP contribution in [0.25, 0.3) is 0 Å². The lowest BCUT2D eigenvalue weighted by Gasteiger charge is -2.27. The van der Waals surface area contributed by atoms with E-state index < -0.39 is 30.7 Å². The topological polar surface area (TPSA) is 24.4 Å². The van der Waals surface area contributed by atoms with Crippen molar-refractivity contribution >= 4 is 56.8 Å². The SMILES string of the molecule is CSC(=Nc1ccc([P+](c2ccccc2)(c2ccccc2)c2ccccc2)cc1)Nc1cc(C(F)(F)F)cc(C(F)(F)F)c1. The number of alkyl halides is 6. The highest BCUT2D eigenvalue weighted by Gasteiger charge is 2.47. The van der Waals surface area contributed by atoms with Crippen LogP contribution in [0.1, 0.15) is 11.1 Å². The first-order valence-electron chi connectivity index (χ1n) is 13.4. The van der Waals surface area contributed by atoms with Gasteiger partial charge in [-0.1, -0.05) is 66.4 Å². The largest absolute Gasteiger partial charge is 0.416 e. The summed E-state index contributed by atoms with van der Waals surface area (Å²) in [5, 5.41) is 7.32. The lowest BCUT2D eigenvalue weighted by Crippen LogP contribution is -2.38. The van der Waals surface area contributed by atoms with Gasteiger partial charge in [0.1, 0.15) is 28.5 Å². The summed E-state index contributed by atoms with van der Waals surface area (Å²) in [6.07, 6.45) is -8.26. The lowest BCUT2D eigenvalue weighted by molar-refractivity contribution is -0.143. The van der Waals surface area contributed by atoms with Crippen molar-refractivity contribution in [2.24, 2.45) is 4.99 Å². The number of anilines is 1. The van der Waals surface area contributed by atoms with Crippen LogP contribution >= 0.6 is 19.0 Å². The zero-order valence-electron chi connectivity index (χ0n) is 23.3. The van der Waals surface area contributed by atoms with Gasteiger partial charge in [-0.15, -0.1) is 0 Å². The molecule has 0 fully saturated rings. The van der Waals surface area contributed by atoms with E-state index in [2.05, 4.69) is 46.7 Å². The van der Waals surface area contributed by atoms with Crippen LogP contribution in [-0.2, 0) is 12.4 Å². The molecule has 0 atom stereocenters. The zero-order valence-corrected chi connectivity index (χ0v) is 25.0. The smallest absolute Gasteiger partial charge is 0.335 e. The summed E-state index contributed by atoms with van der Waals surface area (Å²) in [6, 6.07) is 39.8. The third kappa shape index (κ3) is 6.69. The zero-order chi connectivity index (χ0) is 31.4. The Morgan fingerprint density at radius 3 is 1.32 bits per heavy atom. The van der Waals surface area contributed by atoms with Crippen LogP contribution < -0.4 is 26.5 Å². The number of rotatable bonds is 6. The van der Waals surface area contributed by atoms with Crippen LogP contribution in [0.5, 0.6) is 0 Å². The quantitative estimate of drug-likeness (QED) is 0.0870. The van der Waals surface area contributed by atoms with Gasteiger partial charge in [0.15, 0.2) is 5.17 Å². The predicted octanol–water partition coefficient (Wildman–Crippen LogP) is 8.81. The molecule has 10 heteroatoms. The molecule has 0 aliphatic heterocycles. The molecule has 1 N–H and O–H groups in total. The molecular weight excluding hydrogens is 613 g/mol. The van der Waals surface area contributed by atoms with E-state index in [1.54, 1.807) is 6.26 Å². The van der Waals surface area contributed by atoms with Crippen molar-refractivity contribution in [3.8, 4) is 0 Å². The van der Waals surface area contributed by atoms with E-state index in [-0.39, 0.29) is 16.9 Å². The van der Waals surface area contributed by atoms with Gasteiger partial charge in [0.2, 0.25) is 0 Å². The minimum atomic E-state index is -4.95. The summed E-state index contributed by atoms with van der Waals surface area (Å²) in [5.74, 6) is 0. The van der Waals surface area contributed by atoms with Gasteiger partial charge in [-0.05, 0) is 85.1 Å². The molecule has 0 aliphatic rings. The summed E-state index contributed by atoms with van der Waals surface area (Å²) < 4.78 is 80.3. The van der Waals surface area contributed by atoms with E-state index >= 15 is 0 Å². The maximum atomic E-state index is 13.4. The summed E-state index contributed by atoms with van der Waals surface area (Å²) in [6.45, 7) is 0. The third-order valence-corrected chi connectivity index (χ3v) is 11.8. The lowest BCUT2D eigenvalue weighted by atomic mass is 10.1. The molecule has 0 saturated heterocycles. The first-order chi connectivity index (χ1) is 21.0. The van der Waals surface area contributed by atoms with Crippen LogP contribution in [-0.4, -0.2) is 11.4 Å². The highest BCUT2D eigenvalue weighted by molar-refractivity contribution is 8.13. The molecule has 0 aromatic heterocycles.